The Balaban J connectivity index is 2.06. The molecule has 3 aromatic carbocycles. The van der Waals surface area contributed by atoms with E-state index in [2.05, 4.69) is 5.32 Å². The van der Waals surface area contributed by atoms with Gasteiger partial charge in [-0.25, -0.2) is 12.8 Å². The zero-order valence-electron chi connectivity index (χ0n) is 22.8. The number of anilines is 1. The Morgan fingerprint density at radius 2 is 1.65 bits per heavy atom. The van der Waals surface area contributed by atoms with Crippen molar-refractivity contribution in [1.82, 2.24) is 10.2 Å². The molecule has 1 N–H and O–H groups in total. The molecule has 0 aromatic heterocycles. The number of hydrogen-bond acceptors (Lipinski definition) is 5. The highest BCUT2D eigenvalue weighted by atomic mass is 35.5. The average molecular weight is 590 g/mol. The second-order valence-corrected chi connectivity index (χ2v) is 11.9. The highest BCUT2D eigenvalue weighted by Crippen LogP contribution is 2.30. The first kappa shape index (κ1) is 30.9. The molecule has 11 heteroatoms. The lowest BCUT2D eigenvalue weighted by Gasteiger charge is -2.34. The number of carbonyl (C=O) groups excluding carboxylic acids is 2. The van der Waals surface area contributed by atoms with Crippen molar-refractivity contribution in [2.75, 3.05) is 24.2 Å². The third kappa shape index (κ3) is 8.43. The standard InChI is InChI=1S/C29H33ClFN3O5S/c1-20(2)32-29(36)26(16-21-8-6-5-7-9-21)33(18-22-10-12-23(31)13-11-22)28(35)19-34(40(4,37)38)24-14-15-27(39-3)25(30)17-24/h5-15,17,20,26H,16,18-19H2,1-4H3,(H,32,36). The number of nitrogens with one attached hydrogen (secondary N) is 1. The van der Waals surface area contributed by atoms with Gasteiger partial charge < -0.3 is 15.0 Å². The van der Waals surface area contributed by atoms with Crippen LogP contribution in [0.25, 0.3) is 0 Å². The molecule has 2 amide bonds. The predicted molar refractivity (Wildman–Crippen MR) is 154 cm³/mol. The molecule has 40 heavy (non-hydrogen) atoms. The van der Waals surface area contributed by atoms with Crippen LogP contribution in [0.4, 0.5) is 10.1 Å². The molecule has 0 heterocycles. The fourth-order valence-corrected chi connectivity index (χ4v) is 5.24. The molecule has 0 saturated heterocycles. The van der Waals surface area contributed by atoms with E-state index < -0.39 is 40.2 Å². The van der Waals surface area contributed by atoms with Crippen molar-refractivity contribution < 1.29 is 27.1 Å². The molecule has 0 spiro atoms. The molecule has 0 saturated carbocycles. The van der Waals surface area contributed by atoms with Gasteiger partial charge in [0.1, 0.15) is 24.2 Å². The first-order chi connectivity index (χ1) is 18.9. The maximum atomic E-state index is 14.0. The normalized spacial score (nSPS) is 12.1. The van der Waals surface area contributed by atoms with Crippen LogP contribution < -0.4 is 14.4 Å². The largest absolute Gasteiger partial charge is 0.495 e. The molecule has 0 bridgehead atoms. The summed E-state index contributed by atoms with van der Waals surface area (Å²) in [6, 6.07) is 18.0. The molecule has 0 aliphatic carbocycles. The quantitative estimate of drug-likeness (QED) is 0.337. The van der Waals surface area contributed by atoms with Crippen molar-refractivity contribution in [3.63, 3.8) is 0 Å². The topological polar surface area (TPSA) is 96.0 Å². The Hall–Kier alpha value is -3.63. The van der Waals surface area contributed by atoms with Gasteiger partial charge in [0.05, 0.1) is 24.1 Å². The number of nitrogens with zero attached hydrogens (tertiary/aromatic N) is 2. The van der Waals surface area contributed by atoms with Crippen molar-refractivity contribution in [3.8, 4) is 5.75 Å². The summed E-state index contributed by atoms with van der Waals surface area (Å²) in [4.78, 5) is 28.8. The van der Waals surface area contributed by atoms with Gasteiger partial charge >= 0.3 is 0 Å². The minimum absolute atomic E-state index is 0.0525. The average Bonchev–Trinajstić information content (AvgIpc) is 2.89. The van der Waals surface area contributed by atoms with E-state index in [1.165, 1.54) is 54.5 Å². The van der Waals surface area contributed by atoms with Gasteiger partial charge in [-0.3, -0.25) is 13.9 Å². The van der Waals surface area contributed by atoms with E-state index >= 15 is 0 Å². The maximum Gasteiger partial charge on any atom is 0.244 e. The molecule has 0 fully saturated rings. The number of ether oxygens (including phenoxy) is 1. The Morgan fingerprint density at radius 3 is 2.20 bits per heavy atom. The summed E-state index contributed by atoms with van der Waals surface area (Å²) >= 11 is 6.25. The number of hydrogen-bond donors (Lipinski definition) is 1. The lowest BCUT2D eigenvalue weighted by molar-refractivity contribution is -0.140. The number of benzene rings is 3. The van der Waals surface area contributed by atoms with Crippen molar-refractivity contribution >= 4 is 39.1 Å². The third-order valence-corrected chi connectivity index (χ3v) is 7.51. The second kappa shape index (κ2) is 13.6. The first-order valence-corrected chi connectivity index (χ1v) is 14.8. The van der Waals surface area contributed by atoms with E-state index in [1.807, 2.05) is 44.2 Å². The van der Waals surface area contributed by atoms with E-state index in [-0.39, 0.29) is 29.7 Å². The summed E-state index contributed by atoms with van der Waals surface area (Å²) in [5.74, 6) is -1.12. The van der Waals surface area contributed by atoms with Crippen LogP contribution in [0.2, 0.25) is 5.02 Å². The zero-order chi connectivity index (χ0) is 29.4. The van der Waals surface area contributed by atoms with Gasteiger partial charge in [0, 0.05) is 19.0 Å². The van der Waals surface area contributed by atoms with E-state index in [0.29, 0.717) is 11.3 Å². The zero-order valence-corrected chi connectivity index (χ0v) is 24.4. The van der Waals surface area contributed by atoms with Crippen LogP contribution >= 0.6 is 11.6 Å². The van der Waals surface area contributed by atoms with E-state index in [4.69, 9.17) is 16.3 Å². The number of carbonyl (C=O) groups is 2. The molecule has 1 atom stereocenters. The maximum absolute atomic E-state index is 14.0. The number of rotatable bonds is 12. The van der Waals surface area contributed by atoms with Crippen LogP contribution in [0.5, 0.6) is 5.75 Å². The molecule has 1 unspecified atom stereocenters. The molecule has 8 nitrogen and oxygen atoms in total. The Bertz CT molecular complexity index is 1420. The minimum atomic E-state index is -3.95. The Kier molecular flexibility index (Phi) is 10.5. The smallest absolute Gasteiger partial charge is 0.244 e. The highest BCUT2D eigenvalue weighted by Gasteiger charge is 2.33. The predicted octanol–water partition coefficient (Wildman–Crippen LogP) is 4.42. The Labute approximate surface area is 239 Å². The van der Waals surface area contributed by atoms with Crippen LogP contribution in [0, 0.1) is 5.82 Å². The fraction of sp³-hybridized carbons (Fsp3) is 0.310. The van der Waals surface area contributed by atoms with Gasteiger partial charge in [-0.05, 0) is 55.3 Å². The van der Waals surface area contributed by atoms with Gasteiger partial charge in [0.15, 0.2) is 0 Å². The van der Waals surface area contributed by atoms with Crippen molar-refractivity contribution in [1.29, 1.82) is 0 Å². The minimum Gasteiger partial charge on any atom is -0.495 e. The Morgan fingerprint density at radius 1 is 1.00 bits per heavy atom. The SMILES string of the molecule is COc1ccc(N(CC(=O)N(Cc2ccc(F)cc2)C(Cc2ccccc2)C(=O)NC(C)C)S(C)(=O)=O)cc1Cl. The molecule has 3 rings (SSSR count). The van der Waals surface area contributed by atoms with Crippen molar-refractivity contribution in [3.05, 3.63) is 94.8 Å². The molecule has 3 aromatic rings. The third-order valence-electron chi connectivity index (χ3n) is 6.07. The van der Waals surface area contributed by atoms with Crippen molar-refractivity contribution in [2.45, 2.75) is 38.9 Å². The van der Waals surface area contributed by atoms with Crippen LogP contribution in [-0.2, 0) is 32.6 Å². The number of methoxy groups -OCH3 is 1. The van der Waals surface area contributed by atoms with Gasteiger partial charge in [0.2, 0.25) is 21.8 Å². The van der Waals surface area contributed by atoms with Crippen LogP contribution in [0.3, 0.4) is 0 Å². The summed E-state index contributed by atoms with van der Waals surface area (Å²) in [5.41, 5.74) is 1.54. The number of amides is 2. The summed E-state index contributed by atoms with van der Waals surface area (Å²) in [6.07, 6.45) is 1.16. The van der Waals surface area contributed by atoms with E-state index in [1.54, 1.807) is 0 Å². The summed E-state index contributed by atoms with van der Waals surface area (Å²) in [7, 11) is -2.52. The monoisotopic (exact) mass is 589 g/mol. The fourth-order valence-electron chi connectivity index (χ4n) is 4.15. The number of sulfonamides is 1. The number of halogens is 2. The molecule has 0 aliphatic rings. The highest BCUT2D eigenvalue weighted by molar-refractivity contribution is 7.92. The van der Waals surface area contributed by atoms with E-state index in [0.717, 1.165) is 16.1 Å². The van der Waals surface area contributed by atoms with Crippen LogP contribution in [0.1, 0.15) is 25.0 Å². The summed E-state index contributed by atoms with van der Waals surface area (Å²) in [5, 5.41) is 3.04. The van der Waals surface area contributed by atoms with Gasteiger partial charge in [-0.1, -0.05) is 54.1 Å². The van der Waals surface area contributed by atoms with Gasteiger partial charge in [-0.15, -0.1) is 0 Å². The van der Waals surface area contributed by atoms with Crippen LogP contribution in [0.15, 0.2) is 72.8 Å². The van der Waals surface area contributed by atoms with Gasteiger partial charge in [0.25, 0.3) is 0 Å². The lowest BCUT2D eigenvalue weighted by Crippen LogP contribution is -2.54. The second-order valence-electron chi connectivity index (χ2n) is 9.61. The first-order valence-electron chi connectivity index (χ1n) is 12.6. The summed E-state index contributed by atoms with van der Waals surface area (Å²) in [6.45, 7) is 2.97. The molecular formula is C29H33ClFN3O5S. The molecular weight excluding hydrogens is 557 g/mol. The van der Waals surface area contributed by atoms with Crippen molar-refractivity contribution in [2.24, 2.45) is 0 Å². The molecule has 0 aliphatic heterocycles. The van der Waals surface area contributed by atoms with E-state index in [9.17, 15) is 22.4 Å². The summed E-state index contributed by atoms with van der Waals surface area (Å²) < 4.78 is 45.4. The molecule has 214 valence electrons. The van der Waals surface area contributed by atoms with Gasteiger partial charge in [-0.2, -0.15) is 0 Å². The molecule has 0 radical (unpaired) electrons. The lowest BCUT2D eigenvalue weighted by atomic mass is 10.0. The van der Waals surface area contributed by atoms with Crippen LogP contribution in [-0.4, -0.2) is 57.1 Å².